The van der Waals surface area contributed by atoms with Crippen molar-refractivity contribution in [3.8, 4) is 5.69 Å². The summed E-state index contributed by atoms with van der Waals surface area (Å²) in [5.74, 6) is 0. The summed E-state index contributed by atoms with van der Waals surface area (Å²) in [4.78, 5) is 4.35. The fraction of sp³-hybridized carbons (Fsp3) is 0.261. The molecule has 1 aliphatic heterocycles. The van der Waals surface area contributed by atoms with E-state index in [2.05, 4.69) is 26.9 Å². The Labute approximate surface area is 196 Å². The first-order valence-corrected chi connectivity index (χ1v) is 12.4. The van der Waals surface area contributed by atoms with E-state index in [1.807, 2.05) is 12.1 Å². The molecule has 3 heterocycles. The number of hydrogen-bond donors (Lipinski definition) is 1. The molecule has 2 aromatic heterocycles. The number of fused-ring (bicyclic) bond motifs is 1. The average molecular weight is 484 g/mol. The SMILES string of the molecule is CC1(c2ccc(S(=O)(=O)Nc3ccc(Cl)cc3-n3nnc4ncccc43)cc2)CCOCC1. The van der Waals surface area contributed by atoms with E-state index in [4.69, 9.17) is 16.3 Å². The number of sulfonamides is 1. The molecule has 10 heteroatoms. The first-order chi connectivity index (χ1) is 15.9. The van der Waals surface area contributed by atoms with Crippen molar-refractivity contribution in [1.29, 1.82) is 0 Å². The van der Waals surface area contributed by atoms with Crippen molar-refractivity contribution >= 4 is 38.5 Å². The van der Waals surface area contributed by atoms with Gasteiger partial charge in [-0.05, 0) is 66.3 Å². The van der Waals surface area contributed by atoms with Crippen molar-refractivity contribution in [1.82, 2.24) is 20.0 Å². The number of ether oxygens (including phenoxy) is 1. The van der Waals surface area contributed by atoms with E-state index < -0.39 is 10.0 Å². The maximum Gasteiger partial charge on any atom is 0.261 e. The largest absolute Gasteiger partial charge is 0.381 e. The van der Waals surface area contributed by atoms with Gasteiger partial charge in [-0.3, -0.25) is 4.72 Å². The number of nitrogens with one attached hydrogen (secondary N) is 1. The zero-order valence-corrected chi connectivity index (χ0v) is 19.5. The van der Waals surface area contributed by atoms with E-state index in [1.54, 1.807) is 48.7 Å². The summed E-state index contributed by atoms with van der Waals surface area (Å²) in [7, 11) is -3.86. The van der Waals surface area contributed by atoms with Crippen molar-refractivity contribution < 1.29 is 13.2 Å². The van der Waals surface area contributed by atoms with E-state index in [-0.39, 0.29) is 10.3 Å². The minimum atomic E-state index is -3.86. The molecule has 4 aromatic rings. The van der Waals surface area contributed by atoms with Crippen LogP contribution in [0.15, 0.2) is 65.7 Å². The highest BCUT2D eigenvalue weighted by atomic mass is 35.5. The molecule has 0 amide bonds. The number of hydrogen-bond acceptors (Lipinski definition) is 6. The maximum absolute atomic E-state index is 13.2. The van der Waals surface area contributed by atoms with Crippen molar-refractivity contribution in [3.63, 3.8) is 0 Å². The Bertz CT molecular complexity index is 1410. The van der Waals surface area contributed by atoms with Gasteiger partial charge in [0.1, 0.15) is 5.52 Å². The molecule has 170 valence electrons. The second kappa shape index (κ2) is 8.40. The highest BCUT2D eigenvalue weighted by molar-refractivity contribution is 7.92. The number of anilines is 1. The summed E-state index contributed by atoms with van der Waals surface area (Å²) in [6, 6.07) is 15.5. The van der Waals surface area contributed by atoms with Crippen LogP contribution < -0.4 is 4.72 Å². The molecule has 0 bridgehead atoms. The standard InChI is InChI=1S/C23H22ClN5O3S/c1-23(10-13-32-14-11-23)16-4-7-18(8-5-16)33(30,31)27-19-9-6-17(24)15-21(19)29-20-3-2-12-25-22(20)26-28-29/h2-9,12,15,27H,10-11,13-14H2,1H3. The number of benzene rings is 2. The Hall–Kier alpha value is -3.01. The van der Waals surface area contributed by atoms with Crippen LogP contribution in [0.4, 0.5) is 5.69 Å². The van der Waals surface area contributed by atoms with Crippen LogP contribution in [0.2, 0.25) is 5.02 Å². The summed E-state index contributed by atoms with van der Waals surface area (Å²) in [6.07, 6.45) is 3.44. The predicted molar refractivity (Wildman–Crippen MR) is 126 cm³/mol. The summed E-state index contributed by atoms with van der Waals surface area (Å²) in [5, 5.41) is 8.63. The molecule has 1 aliphatic rings. The minimum Gasteiger partial charge on any atom is -0.381 e. The second-order valence-electron chi connectivity index (χ2n) is 8.31. The molecular weight excluding hydrogens is 462 g/mol. The molecule has 0 radical (unpaired) electrons. The first kappa shape index (κ1) is 21.8. The van der Waals surface area contributed by atoms with E-state index in [9.17, 15) is 8.42 Å². The molecule has 0 saturated carbocycles. The average Bonchev–Trinajstić information content (AvgIpc) is 3.25. The molecule has 0 atom stereocenters. The lowest BCUT2D eigenvalue weighted by molar-refractivity contribution is 0.0564. The van der Waals surface area contributed by atoms with E-state index in [1.165, 1.54) is 4.68 Å². The summed E-state index contributed by atoms with van der Waals surface area (Å²) < 4.78 is 36.1. The van der Waals surface area contributed by atoms with Gasteiger partial charge in [-0.2, -0.15) is 0 Å². The van der Waals surface area contributed by atoms with Crippen LogP contribution in [0, 0.1) is 0 Å². The van der Waals surface area contributed by atoms with Gasteiger partial charge in [0.15, 0.2) is 0 Å². The number of nitrogens with zero attached hydrogens (tertiary/aromatic N) is 4. The molecule has 2 aromatic carbocycles. The third kappa shape index (κ3) is 4.19. The fourth-order valence-corrected chi connectivity index (χ4v) is 5.30. The Morgan fingerprint density at radius 2 is 1.85 bits per heavy atom. The monoisotopic (exact) mass is 483 g/mol. The van der Waals surface area contributed by atoms with Crippen molar-refractivity contribution in [2.24, 2.45) is 0 Å². The lowest BCUT2D eigenvalue weighted by atomic mass is 9.76. The first-order valence-electron chi connectivity index (χ1n) is 10.5. The fourth-order valence-electron chi connectivity index (χ4n) is 4.06. The Morgan fingerprint density at radius 1 is 1.09 bits per heavy atom. The molecular formula is C23H22ClN5O3S. The zero-order valence-electron chi connectivity index (χ0n) is 17.9. The van der Waals surface area contributed by atoms with Crippen molar-refractivity contribution in [2.75, 3.05) is 17.9 Å². The molecule has 8 nitrogen and oxygen atoms in total. The predicted octanol–water partition coefficient (Wildman–Crippen LogP) is 4.34. The molecule has 0 aliphatic carbocycles. The third-order valence-electron chi connectivity index (χ3n) is 6.11. The Kier molecular flexibility index (Phi) is 5.55. The van der Waals surface area contributed by atoms with Gasteiger partial charge >= 0.3 is 0 Å². The van der Waals surface area contributed by atoms with Gasteiger partial charge in [0.2, 0.25) is 5.65 Å². The van der Waals surface area contributed by atoms with Crippen molar-refractivity contribution in [2.45, 2.75) is 30.1 Å². The van der Waals surface area contributed by atoms with Crippen LogP contribution in [0.25, 0.3) is 16.9 Å². The highest BCUT2D eigenvalue weighted by Crippen LogP contribution is 2.35. The lowest BCUT2D eigenvalue weighted by Crippen LogP contribution is -2.30. The minimum absolute atomic E-state index is 0.0144. The molecule has 33 heavy (non-hydrogen) atoms. The van der Waals surface area contributed by atoms with Gasteiger partial charge < -0.3 is 4.74 Å². The third-order valence-corrected chi connectivity index (χ3v) is 7.73. The quantitative estimate of drug-likeness (QED) is 0.453. The van der Waals surface area contributed by atoms with Gasteiger partial charge in [-0.1, -0.05) is 35.9 Å². The van der Waals surface area contributed by atoms with Gasteiger partial charge in [0.25, 0.3) is 10.0 Å². The smallest absolute Gasteiger partial charge is 0.261 e. The number of aromatic nitrogens is 4. The van der Waals surface area contributed by atoms with Crippen LogP contribution in [0.1, 0.15) is 25.3 Å². The zero-order chi connectivity index (χ0) is 23.1. The van der Waals surface area contributed by atoms with Crippen LogP contribution in [-0.4, -0.2) is 41.6 Å². The number of pyridine rings is 1. The van der Waals surface area contributed by atoms with E-state index >= 15 is 0 Å². The van der Waals surface area contributed by atoms with E-state index in [0.717, 1.165) is 18.4 Å². The number of rotatable bonds is 5. The molecule has 0 spiro atoms. The summed E-state index contributed by atoms with van der Waals surface area (Å²) >= 11 is 6.21. The van der Waals surface area contributed by atoms with Gasteiger partial charge in [0, 0.05) is 24.4 Å². The highest BCUT2D eigenvalue weighted by Gasteiger charge is 2.29. The lowest BCUT2D eigenvalue weighted by Gasteiger charge is -2.34. The van der Waals surface area contributed by atoms with Crippen LogP contribution >= 0.6 is 11.6 Å². The Balaban J connectivity index is 1.48. The van der Waals surface area contributed by atoms with Crippen molar-refractivity contribution in [3.05, 3.63) is 71.4 Å². The molecule has 1 fully saturated rings. The van der Waals surface area contributed by atoms with Gasteiger partial charge in [-0.25, -0.2) is 18.1 Å². The molecule has 5 rings (SSSR count). The normalized spacial score (nSPS) is 16.1. The van der Waals surface area contributed by atoms with E-state index in [0.29, 0.717) is 40.8 Å². The van der Waals surface area contributed by atoms with Crippen LogP contribution in [0.3, 0.4) is 0 Å². The van der Waals surface area contributed by atoms with Crippen LogP contribution in [0.5, 0.6) is 0 Å². The molecule has 1 N–H and O–H groups in total. The summed E-state index contributed by atoms with van der Waals surface area (Å²) in [5.41, 5.74) is 2.96. The van der Waals surface area contributed by atoms with Gasteiger partial charge in [0.05, 0.1) is 16.3 Å². The number of halogens is 1. The Morgan fingerprint density at radius 3 is 2.61 bits per heavy atom. The molecule has 1 saturated heterocycles. The summed E-state index contributed by atoms with van der Waals surface area (Å²) in [6.45, 7) is 3.61. The van der Waals surface area contributed by atoms with Gasteiger partial charge in [-0.15, -0.1) is 5.10 Å². The second-order valence-corrected chi connectivity index (χ2v) is 10.4. The van der Waals surface area contributed by atoms with Crippen LogP contribution in [-0.2, 0) is 20.2 Å². The maximum atomic E-state index is 13.2. The molecule has 0 unspecified atom stereocenters. The topological polar surface area (TPSA) is 99.0 Å².